The molecule has 0 aliphatic rings. The highest BCUT2D eigenvalue weighted by Gasteiger charge is 1.95. The second kappa shape index (κ2) is 3.69. The van der Waals surface area contributed by atoms with Crippen molar-refractivity contribution >= 4 is 15.9 Å². The van der Waals surface area contributed by atoms with Crippen LogP contribution in [0, 0.1) is 0 Å². The second-order valence-electron chi connectivity index (χ2n) is 2.22. The minimum Gasteiger partial charge on any atom is -0.328 e. The maximum atomic E-state index is 10.9. The van der Waals surface area contributed by atoms with Crippen LogP contribution in [0.3, 0.4) is 0 Å². The predicted molar refractivity (Wildman–Crippen MR) is 47.5 cm³/mol. The van der Waals surface area contributed by atoms with Crippen LogP contribution in [0.25, 0.3) is 0 Å². The Morgan fingerprint density at radius 3 is 3.00 bits per heavy atom. The van der Waals surface area contributed by atoms with Gasteiger partial charge in [0, 0.05) is 12.7 Å². The lowest BCUT2D eigenvalue weighted by Crippen LogP contribution is -2.10. The van der Waals surface area contributed by atoms with Crippen molar-refractivity contribution in [2.45, 2.75) is 6.54 Å². The molecule has 0 saturated carbocycles. The number of aromatic nitrogens is 1. The summed E-state index contributed by atoms with van der Waals surface area (Å²) in [6.45, 7) is 0.759. The fourth-order valence-corrected chi connectivity index (χ4v) is 1.21. The third-order valence-electron chi connectivity index (χ3n) is 1.30. The minimum absolute atomic E-state index is 0.0927. The molecule has 0 radical (unpaired) electrons. The highest BCUT2D eigenvalue weighted by Crippen LogP contribution is 2.04. The van der Waals surface area contributed by atoms with Crippen LogP contribution in [0.2, 0.25) is 0 Å². The van der Waals surface area contributed by atoms with Gasteiger partial charge in [0.15, 0.2) is 0 Å². The van der Waals surface area contributed by atoms with Gasteiger partial charge in [-0.3, -0.25) is 4.79 Å². The SMILES string of the molecule is CNCc1c[nH]c(=O)c(Br)c1. The van der Waals surface area contributed by atoms with Gasteiger partial charge in [0.25, 0.3) is 5.56 Å². The molecule has 1 aromatic rings. The van der Waals surface area contributed by atoms with E-state index in [2.05, 4.69) is 26.2 Å². The van der Waals surface area contributed by atoms with E-state index >= 15 is 0 Å². The number of pyridine rings is 1. The maximum absolute atomic E-state index is 10.9. The molecule has 0 amide bonds. The third kappa shape index (κ3) is 2.17. The first kappa shape index (κ1) is 8.49. The van der Waals surface area contributed by atoms with Crippen LogP contribution in [-0.2, 0) is 6.54 Å². The van der Waals surface area contributed by atoms with Gasteiger partial charge in [0.2, 0.25) is 0 Å². The normalized spacial score (nSPS) is 10.0. The van der Waals surface area contributed by atoms with Crippen LogP contribution >= 0.6 is 15.9 Å². The van der Waals surface area contributed by atoms with Crippen LogP contribution in [0.1, 0.15) is 5.56 Å². The summed E-state index contributed by atoms with van der Waals surface area (Å²) < 4.78 is 0.574. The summed E-state index contributed by atoms with van der Waals surface area (Å²) in [5, 5.41) is 2.99. The molecule has 60 valence electrons. The van der Waals surface area contributed by atoms with Gasteiger partial charge in [-0.1, -0.05) is 0 Å². The number of hydrogen-bond donors (Lipinski definition) is 2. The Labute approximate surface area is 73.0 Å². The molecule has 4 heteroatoms. The number of nitrogens with one attached hydrogen (secondary N) is 2. The first-order valence-corrected chi connectivity index (χ1v) is 4.05. The van der Waals surface area contributed by atoms with Gasteiger partial charge in [-0.25, -0.2) is 0 Å². The van der Waals surface area contributed by atoms with Gasteiger partial charge in [-0.2, -0.15) is 0 Å². The molecule has 1 heterocycles. The van der Waals surface area contributed by atoms with Crippen molar-refractivity contribution in [1.29, 1.82) is 0 Å². The molecular weight excluding hydrogens is 208 g/mol. The van der Waals surface area contributed by atoms with Gasteiger partial charge in [0.05, 0.1) is 4.47 Å². The lowest BCUT2D eigenvalue weighted by Gasteiger charge is -1.98. The van der Waals surface area contributed by atoms with E-state index in [0.717, 1.165) is 12.1 Å². The van der Waals surface area contributed by atoms with Crippen LogP contribution in [-0.4, -0.2) is 12.0 Å². The highest BCUT2D eigenvalue weighted by molar-refractivity contribution is 9.10. The highest BCUT2D eigenvalue weighted by atomic mass is 79.9. The van der Waals surface area contributed by atoms with Gasteiger partial charge in [-0.05, 0) is 34.6 Å². The Balaban J connectivity index is 2.96. The van der Waals surface area contributed by atoms with Crippen LogP contribution in [0.5, 0.6) is 0 Å². The monoisotopic (exact) mass is 216 g/mol. The van der Waals surface area contributed by atoms with E-state index in [1.165, 1.54) is 0 Å². The van der Waals surface area contributed by atoms with E-state index in [1.54, 1.807) is 12.3 Å². The van der Waals surface area contributed by atoms with Crippen LogP contribution in [0.15, 0.2) is 21.5 Å². The van der Waals surface area contributed by atoms with Crippen molar-refractivity contribution in [1.82, 2.24) is 10.3 Å². The number of aromatic amines is 1. The number of hydrogen-bond acceptors (Lipinski definition) is 2. The summed E-state index contributed by atoms with van der Waals surface area (Å²) >= 11 is 3.14. The van der Waals surface area contributed by atoms with Gasteiger partial charge in [-0.15, -0.1) is 0 Å². The fraction of sp³-hybridized carbons (Fsp3) is 0.286. The molecule has 0 aromatic carbocycles. The maximum Gasteiger partial charge on any atom is 0.262 e. The van der Waals surface area contributed by atoms with Crippen LogP contribution < -0.4 is 10.9 Å². The molecule has 1 aromatic heterocycles. The molecule has 0 aliphatic carbocycles. The first-order chi connectivity index (χ1) is 5.24. The molecule has 2 N–H and O–H groups in total. The summed E-state index contributed by atoms with van der Waals surface area (Å²) in [4.78, 5) is 13.5. The number of H-pyrrole nitrogens is 1. The van der Waals surface area contributed by atoms with Crippen molar-refractivity contribution < 1.29 is 0 Å². The zero-order chi connectivity index (χ0) is 8.27. The Hall–Kier alpha value is -0.610. The molecule has 0 fully saturated rings. The molecule has 0 unspecified atom stereocenters. The van der Waals surface area contributed by atoms with E-state index in [-0.39, 0.29) is 5.56 Å². The van der Waals surface area contributed by atoms with Crippen molar-refractivity contribution in [2.24, 2.45) is 0 Å². The minimum atomic E-state index is -0.0927. The van der Waals surface area contributed by atoms with E-state index in [1.807, 2.05) is 7.05 Å². The van der Waals surface area contributed by atoms with Crippen molar-refractivity contribution in [3.8, 4) is 0 Å². The average molecular weight is 217 g/mol. The molecule has 0 spiro atoms. The summed E-state index contributed by atoms with van der Waals surface area (Å²) in [6.07, 6.45) is 1.70. The predicted octanol–water partition coefficient (Wildman–Crippen LogP) is 0.857. The Kier molecular flexibility index (Phi) is 2.84. The van der Waals surface area contributed by atoms with E-state index < -0.39 is 0 Å². The Morgan fingerprint density at radius 1 is 1.73 bits per heavy atom. The largest absolute Gasteiger partial charge is 0.328 e. The van der Waals surface area contributed by atoms with Crippen molar-refractivity contribution in [3.63, 3.8) is 0 Å². The van der Waals surface area contributed by atoms with Crippen molar-refractivity contribution in [3.05, 3.63) is 32.7 Å². The van der Waals surface area contributed by atoms with E-state index in [4.69, 9.17) is 0 Å². The molecule has 0 bridgehead atoms. The summed E-state index contributed by atoms with van der Waals surface area (Å²) in [5.41, 5.74) is 0.962. The Morgan fingerprint density at radius 2 is 2.45 bits per heavy atom. The average Bonchev–Trinajstić information content (AvgIpc) is 1.98. The van der Waals surface area contributed by atoms with Crippen molar-refractivity contribution in [2.75, 3.05) is 7.05 Å². The quantitative estimate of drug-likeness (QED) is 0.771. The molecule has 0 atom stereocenters. The summed E-state index contributed by atoms with van der Waals surface area (Å²) in [7, 11) is 1.86. The zero-order valence-electron chi connectivity index (χ0n) is 6.15. The number of halogens is 1. The zero-order valence-corrected chi connectivity index (χ0v) is 7.73. The molecule has 0 saturated heterocycles. The van der Waals surface area contributed by atoms with Gasteiger partial charge < -0.3 is 10.3 Å². The smallest absolute Gasteiger partial charge is 0.262 e. The molecule has 0 aliphatic heterocycles. The number of rotatable bonds is 2. The molecule has 1 rings (SSSR count). The van der Waals surface area contributed by atoms with E-state index in [9.17, 15) is 4.79 Å². The van der Waals surface area contributed by atoms with Crippen LogP contribution in [0.4, 0.5) is 0 Å². The topological polar surface area (TPSA) is 44.9 Å². The molecular formula is C7H9BrN2O. The summed E-state index contributed by atoms with van der Waals surface area (Å²) in [5.74, 6) is 0. The Bertz CT molecular complexity index is 295. The fourth-order valence-electron chi connectivity index (χ4n) is 0.803. The van der Waals surface area contributed by atoms with E-state index in [0.29, 0.717) is 4.47 Å². The third-order valence-corrected chi connectivity index (χ3v) is 1.89. The molecule has 3 nitrogen and oxygen atoms in total. The molecule has 11 heavy (non-hydrogen) atoms. The van der Waals surface area contributed by atoms with Gasteiger partial charge in [0.1, 0.15) is 0 Å². The second-order valence-corrected chi connectivity index (χ2v) is 3.07. The lowest BCUT2D eigenvalue weighted by molar-refractivity contribution is 0.811. The standard InChI is InChI=1S/C7H9BrN2O/c1-9-3-5-2-6(8)7(11)10-4-5/h2,4,9H,3H2,1H3,(H,10,11). The van der Waals surface area contributed by atoms with Gasteiger partial charge >= 0.3 is 0 Å². The lowest BCUT2D eigenvalue weighted by atomic mass is 10.3. The summed E-state index contributed by atoms with van der Waals surface area (Å²) in [6, 6.07) is 1.80. The first-order valence-electron chi connectivity index (χ1n) is 3.25.